The number of fused-ring (bicyclic) bond motifs is 1. The van der Waals surface area contributed by atoms with Crippen LogP contribution in [0.2, 0.25) is 0 Å². The molecular formula is C19H13NO4. The van der Waals surface area contributed by atoms with Crippen LogP contribution in [0.25, 0.3) is 22.4 Å². The number of carboxylic acid groups (broad SMARTS) is 1. The van der Waals surface area contributed by atoms with Crippen molar-refractivity contribution >= 4 is 34.1 Å². The van der Waals surface area contributed by atoms with Crippen LogP contribution in [-0.2, 0) is 4.79 Å². The lowest BCUT2D eigenvalue weighted by molar-refractivity contribution is -0.384. The summed E-state index contributed by atoms with van der Waals surface area (Å²) in [6, 6.07) is 18.8. The Morgan fingerprint density at radius 1 is 0.958 bits per heavy atom. The van der Waals surface area contributed by atoms with Gasteiger partial charge in [-0.2, -0.15) is 0 Å². The maximum atomic E-state index is 11.7. The molecule has 0 unspecified atom stereocenters. The van der Waals surface area contributed by atoms with Crippen LogP contribution in [0.4, 0.5) is 5.69 Å². The Balaban J connectivity index is 2.12. The Kier molecular flexibility index (Phi) is 4.07. The van der Waals surface area contributed by atoms with E-state index in [9.17, 15) is 20.0 Å². The van der Waals surface area contributed by atoms with Crippen molar-refractivity contribution in [2.24, 2.45) is 0 Å². The number of nitro groups is 1. The first kappa shape index (κ1) is 15.4. The third kappa shape index (κ3) is 3.01. The fourth-order valence-corrected chi connectivity index (χ4v) is 2.57. The van der Waals surface area contributed by atoms with E-state index in [0.717, 1.165) is 10.8 Å². The third-order valence-corrected chi connectivity index (χ3v) is 3.73. The minimum atomic E-state index is -1.05. The van der Waals surface area contributed by atoms with Gasteiger partial charge in [-0.3, -0.25) is 10.1 Å². The number of benzene rings is 3. The van der Waals surface area contributed by atoms with Crippen molar-refractivity contribution in [3.63, 3.8) is 0 Å². The van der Waals surface area contributed by atoms with Crippen LogP contribution in [0, 0.1) is 10.1 Å². The first-order valence-corrected chi connectivity index (χ1v) is 7.24. The lowest BCUT2D eigenvalue weighted by Crippen LogP contribution is -2.00. The number of aliphatic carboxylic acids is 1. The minimum absolute atomic E-state index is 0.0332. The first-order valence-electron chi connectivity index (χ1n) is 7.24. The summed E-state index contributed by atoms with van der Waals surface area (Å²) in [6.45, 7) is 0. The zero-order chi connectivity index (χ0) is 17.1. The molecule has 0 aliphatic heterocycles. The summed E-state index contributed by atoms with van der Waals surface area (Å²) in [7, 11) is 0. The molecule has 0 heterocycles. The second-order valence-corrected chi connectivity index (χ2v) is 5.24. The van der Waals surface area contributed by atoms with Gasteiger partial charge in [0.15, 0.2) is 0 Å². The summed E-state index contributed by atoms with van der Waals surface area (Å²) in [4.78, 5) is 22.0. The van der Waals surface area contributed by atoms with Crippen molar-refractivity contribution in [1.29, 1.82) is 0 Å². The molecule has 3 aromatic rings. The maximum absolute atomic E-state index is 11.7. The van der Waals surface area contributed by atoms with E-state index >= 15 is 0 Å². The fraction of sp³-hybridized carbons (Fsp3) is 0. The second kappa shape index (κ2) is 6.34. The van der Waals surface area contributed by atoms with E-state index in [1.807, 2.05) is 36.4 Å². The molecule has 0 amide bonds. The molecule has 0 aliphatic rings. The molecule has 5 heteroatoms. The monoisotopic (exact) mass is 319 g/mol. The Bertz CT molecular complexity index is 953. The van der Waals surface area contributed by atoms with E-state index in [2.05, 4.69) is 0 Å². The van der Waals surface area contributed by atoms with Gasteiger partial charge in [0.2, 0.25) is 0 Å². The van der Waals surface area contributed by atoms with Crippen LogP contribution in [0.3, 0.4) is 0 Å². The molecule has 0 bridgehead atoms. The van der Waals surface area contributed by atoms with Crippen LogP contribution in [0.5, 0.6) is 0 Å². The lowest BCUT2D eigenvalue weighted by atomic mass is 9.96. The highest BCUT2D eigenvalue weighted by molar-refractivity contribution is 6.23. The van der Waals surface area contributed by atoms with Gasteiger partial charge in [0.05, 0.1) is 10.5 Å². The SMILES string of the molecule is O=C(O)/C(=C\c1ccc([N+](=O)[O-])cc1)c1cccc2ccccc12. The summed E-state index contributed by atoms with van der Waals surface area (Å²) in [5, 5.41) is 22.1. The summed E-state index contributed by atoms with van der Waals surface area (Å²) >= 11 is 0. The number of rotatable bonds is 4. The number of nitrogens with zero attached hydrogens (tertiary/aromatic N) is 1. The molecular weight excluding hydrogens is 306 g/mol. The smallest absolute Gasteiger partial charge is 0.336 e. The van der Waals surface area contributed by atoms with Gasteiger partial charge in [0.1, 0.15) is 0 Å². The van der Waals surface area contributed by atoms with Crippen LogP contribution in [0.15, 0.2) is 66.7 Å². The average Bonchev–Trinajstić information content (AvgIpc) is 2.59. The Morgan fingerprint density at radius 3 is 2.29 bits per heavy atom. The highest BCUT2D eigenvalue weighted by Crippen LogP contribution is 2.27. The van der Waals surface area contributed by atoms with E-state index in [4.69, 9.17) is 0 Å². The summed E-state index contributed by atoms with van der Waals surface area (Å²) < 4.78 is 0. The molecule has 3 rings (SSSR count). The zero-order valence-corrected chi connectivity index (χ0v) is 12.5. The third-order valence-electron chi connectivity index (χ3n) is 3.73. The van der Waals surface area contributed by atoms with Crippen molar-refractivity contribution in [3.05, 3.63) is 88.0 Å². The molecule has 5 nitrogen and oxygen atoms in total. The highest BCUT2D eigenvalue weighted by atomic mass is 16.6. The number of carbonyl (C=O) groups is 1. The largest absolute Gasteiger partial charge is 0.478 e. The highest BCUT2D eigenvalue weighted by Gasteiger charge is 2.14. The van der Waals surface area contributed by atoms with Crippen molar-refractivity contribution < 1.29 is 14.8 Å². The number of hydrogen-bond acceptors (Lipinski definition) is 3. The van der Waals surface area contributed by atoms with Crippen LogP contribution < -0.4 is 0 Å². The van der Waals surface area contributed by atoms with Crippen LogP contribution in [0.1, 0.15) is 11.1 Å². The van der Waals surface area contributed by atoms with Gasteiger partial charge in [-0.15, -0.1) is 0 Å². The zero-order valence-electron chi connectivity index (χ0n) is 12.5. The molecule has 0 spiro atoms. The summed E-state index contributed by atoms with van der Waals surface area (Å²) in [5.41, 5.74) is 1.31. The summed E-state index contributed by atoms with van der Waals surface area (Å²) in [5.74, 6) is -1.05. The van der Waals surface area contributed by atoms with Gasteiger partial charge in [-0.05, 0) is 40.1 Å². The number of non-ortho nitro benzene ring substituents is 1. The van der Waals surface area contributed by atoms with Crippen LogP contribution >= 0.6 is 0 Å². The molecule has 1 N–H and O–H groups in total. The molecule has 0 atom stereocenters. The fourth-order valence-electron chi connectivity index (χ4n) is 2.57. The normalized spacial score (nSPS) is 11.4. The molecule has 118 valence electrons. The standard InChI is InChI=1S/C19H13NO4/c21-19(22)18(12-13-8-10-15(11-9-13)20(23)24)17-7-3-5-14-4-1-2-6-16(14)17/h1-12H,(H,21,22)/b18-12-. The van der Waals surface area contributed by atoms with Crippen molar-refractivity contribution in [1.82, 2.24) is 0 Å². The van der Waals surface area contributed by atoms with Gasteiger partial charge < -0.3 is 5.11 Å². The van der Waals surface area contributed by atoms with Crippen LogP contribution in [-0.4, -0.2) is 16.0 Å². The molecule has 0 radical (unpaired) electrons. The molecule has 0 aromatic heterocycles. The number of carboxylic acids is 1. The molecule has 0 fully saturated rings. The molecule has 0 aliphatic carbocycles. The predicted molar refractivity (Wildman–Crippen MR) is 92.6 cm³/mol. The minimum Gasteiger partial charge on any atom is -0.478 e. The number of nitro benzene ring substituents is 1. The van der Waals surface area contributed by atoms with E-state index in [0.29, 0.717) is 11.1 Å². The summed E-state index contributed by atoms with van der Waals surface area (Å²) in [6.07, 6.45) is 1.52. The van der Waals surface area contributed by atoms with E-state index in [1.54, 1.807) is 6.07 Å². The first-order chi connectivity index (χ1) is 11.6. The van der Waals surface area contributed by atoms with Gasteiger partial charge in [-0.1, -0.05) is 42.5 Å². The molecule has 3 aromatic carbocycles. The maximum Gasteiger partial charge on any atom is 0.336 e. The van der Waals surface area contributed by atoms with E-state index in [-0.39, 0.29) is 11.3 Å². The van der Waals surface area contributed by atoms with Gasteiger partial charge in [-0.25, -0.2) is 4.79 Å². The van der Waals surface area contributed by atoms with Crippen molar-refractivity contribution in [2.75, 3.05) is 0 Å². The van der Waals surface area contributed by atoms with Gasteiger partial charge >= 0.3 is 5.97 Å². The average molecular weight is 319 g/mol. The van der Waals surface area contributed by atoms with E-state index < -0.39 is 10.9 Å². The molecule has 0 saturated carbocycles. The lowest BCUT2D eigenvalue weighted by Gasteiger charge is -2.08. The molecule has 0 saturated heterocycles. The number of hydrogen-bond donors (Lipinski definition) is 1. The van der Waals surface area contributed by atoms with Gasteiger partial charge in [0.25, 0.3) is 5.69 Å². The second-order valence-electron chi connectivity index (χ2n) is 5.24. The Labute approximate surface area is 137 Å². The Morgan fingerprint density at radius 2 is 1.62 bits per heavy atom. The molecule has 24 heavy (non-hydrogen) atoms. The predicted octanol–water partition coefficient (Wildman–Crippen LogP) is 4.37. The van der Waals surface area contributed by atoms with E-state index in [1.165, 1.54) is 30.3 Å². The quantitative estimate of drug-likeness (QED) is 0.335. The van der Waals surface area contributed by atoms with Crippen molar-refractivity contribution in [3.8, 4) is 0 Å². The van der Waals surface area contributed by atoms with Gasteiger partial charge in [0, 0.05) is 12.1 Å². The Hall–Kier alpha value is -3.47. The topological polar surface area (TPSA) is 80.4 Å². The van der Waals surface area contributed by atoms with Crippen molar-refractivity contribution in [2.45, 2.75) is 0 Å².